The van der Waals surface area contributed by atoms with Gasteiger partial charge in [0.1, 0.15) is 0 Å². The van der Waals surface area contributed by atoms with Crippen LogP contribution in [0, 0.1) is 0 Å². The zero-order valence-electron chi connectivity index (χ0n) is 12.8. The maximum Gasteiger partial charge on any atom is 0.500 e. The summed E-state index contributed by atoms with van der Waals surface area (Å²) in [6.07, 6.45) is 3.53. The fraction of sp³-hybridized carbons (Fsp3) is 1.00. The normalized spacial score (nSPS) is 13.7. The maximum absolute atomic E-state index is 5.50. The third-order valence-corrected chi connectivity index (χ3v) is 5.98. The van der Waals surface area contributed by atoms with E-state index in [1.807, 2.05) is 0 Å². The molecule has 0 aliphatic heterocycles. The molecular weight excluding hydrogens is 262 g/mol. The van der Waals surface area contributed by atoms with Crippen LogP contribution in [0.1, 0.15) is 26.2 Å². The SMILES string of the molecule is CCNC(CCCC[Si](OC)(OC)OC)NCCN. The van der Waals surface area contributed by atoms with E-state index in [2.05, 4.69) is 17.6 Å². The largest absolute Gasteiger partial charge is 0.500 e. The van der Waals surface area contributed by atoms with Crippen molar-refractivity contribution in [3.8, 4) is 0 Å². The Balaban J connectivity index is 3.91. The third kappa shape index (κ3) is 7.98. The van der Waals surface area contributed by atoms with Gasteiger partial charge in [0.15, 0.2) is 0 Å². The van der Waals surface area contributed by atoms with Gasteiger partial charge in [-0.1, -0.05) is 13.3 Å². The molecule has 116 valence electrons. The van der Waals surface area contributed by atoms with Crippen LogP contribution in [0.15, 0.2) is 0 Å². The van der Waals surface area contributed by atoms with Crippen molar-refractivity contribution in [2.24, 2.45) is 5.73 Å². The molecular formula is C12H31N3O3Si. The lowest BCUT2D eigenvalue weighted by Gasteiger charge is -2.25. The molecule has 0 aromatic carbocycles. The van der Waals surface area contributed by atoms with Crippen LogP contribution in [0.4, 0.5) is 0 Å². The Morgan fingerprint density at radius 1 is 1.05 bits per heavy atom. The summed E-state index contributed by atoms with van der Waals surface area (Å²) in [5.74, 6) is 0. The van der Waals surface area contributed by atoms with Crippen LogP contribution in [-0.2, 0) is 13.3 Å². The van der Waals surface area contributed by atoms with Crippen LogP contribution in [0.3, 0.4) is 0 Å². The first-order valence-corrected chi connectivity index (χ1v) is 8.93. The van der Waals surface area contributed by atoms with Crippen molar-refractivity contribution in [3.63, 3.8) is 0 Å². The third-order valence-electron chi connectivity index (χ3n) is 3.14. The number of unbranched alkanes of at least 4 members (excludes halogenated alkanes) is 1. The van der Waals surface area contributed by atoms with Gasteiger partial charge in [0.25, 0.3) is 0 Å². The Morgan fingerprint density at radius 3 is 2.16 bits per heavy atom. The Labute approximate surface area is 118 Å². The summed E-state index contributed by atoms with van der Waals surface area (Å²) >= 11 is 0. The zero-order valence-corrected chi connectivity index (χ0v) is 13.8. The quantitative estimate of drug-likeness (QED) is 0.261. The van der Waals surface area contributed by atoms with E-state index in [0.717, 1.165) is 38.4 Å². The smallest absolute Gasteiger partial charge is 0.377 e. The van der Waals surface area contributed by atoms with Gasteiger partial charge in [-0.3, -0.25) is 0 Å². The monoisotopic (exact) mass is 293 g/mol. The first-order valence-electron chi connectivity index (χ1n) is 7.00. The highest BCUT2D eigenvalue weighted by Gasteiger charge is 2.36. The number of hydrogen-bond donors (Lipinski definition) is 3. The molecule has 0 saturated heterocycles. The van der Waals surface area contributed by atoms with Crippen LogP contribution in [0.5, 0.6) is 0 Å². The van der Waals surface area contributed by atoms with Crippen molar-refractivity contribution in [1.82, 2.24) is 10.6 Å². The van der Waals surface area contributed by atoms with E-state index in [-0.39, 0.29) is 0 Å². The molecule has 0 heterocycles. The molecule has 0 aromatic heterocycles. The van der Waals surface area contributed by atoms with E-state index < -0.39 is 8.80 Å². The summed E-state index contributed by atoms with van der Waals surface area (Å²) in [6, 6.07) is 0.853. The molecule has 0 radical (unpaired) electrons. The summed E-state index contributed by atoms with van der Waals surface area (Å²) in [7, 11) is 2.57. The first-order chi connectivity index (χ1) is 9.17. The van der Waals surface area contributed by atoms with Crippen molar-refractivity contribution >= 4 is 8.80 Å². The fourth-order valence-corrected chi connectivity index (χ4v) is 3.82. The van der Waals surface area contributed by atoms with E-state index in [0.29, 0.717) is 12.7 Å². The highest BCUT2D eigenvalue weighted by Crippen LogP contribution is 2.17. The maximum atomic E-state index is 5.50. The summed E-state index contributed by atoms with van der Waals surface area (Å²) in [5, 5.41) is 6.80. The van der Waals surface area contributed by atoms with Crippen LogP contribution < -0.4 is 16.4 Å². The van der Waals surface area contributed by atoms with Crippen LogP contribution in [-0.4, -0.2) is 55.9 Å². The fourth-order valence-electron chi connectivity index (χ4n) is 2.03. The molecule has 6 nitrogen and oxygen atoms in total. The molecule has 0 bridgehead atoms. The minimum absolute atomic E-state index is 0.331. The Hall–Kier alpha value is -0.0231. The predicted octanol–water partition coefficient (Wildman–Crippen LogP) is 0.519. The molecule has 0 aliphatic rings. The number of nitrogens with one attached hydrogen (secondary N) is 2. The van der Waals surface area contributed by atoms with Gasteiger partial charge in [-0.05, 0) is 19.4 Å². The predicted molar refractivity (Wildman–Crippen MR) is 80.0 cm³/mol. The molecule has 4 N–H and O–H groups in total. The first kappa shape index (κ1) is 19.0. The molecule has 0 amide bonds. The number of rotatable bonds is 13. The highest BCUT2D eigenvalue weighted by molar-refractivity contribution is 6.60. The number of nitrogens with two attached hydrogens (primary N) is 1. The van der Waals surface area contributed by atoms with E-state index in [1.165, 1.54) is 0 Å². The second-order valence-corrected chi connectivity index (χ2v) is 7.49. The van der Waals surface area contributed by atoms with E-state index in [9.17, 15) is 0 Å². The summed E-state index contributed by atoms with van der Waals surface area (Å²) in [4.78, 5) is 0. The van der Waals surface area contributed by atoms with Gasteiger partial charge in [0, 0.05) is 40.5 Å². The van der Waals surface area contributed by atoms with Gasteiger partial charge in [-0.15, -0.1) is 0 Å². The second-order valence-electron chi connectivity index (χ2n) is 4.39. The topological polar surface area (TPSA) is 77.8 Å². The molecule has 0 fully saturated rings. The average Bonchev–Trinajstić information content (AvgIpc) is 2.45. The Morgan fingerprint density at radius 2 is 1.68 bits per heavy atom. The zero-order chi connectivity index (χ0) is 14.6. The molecule has 19 heavy (non-hydrogen) atoms. The average molecular weight is 293 g/mol. The molecule has 0 aromatic rings. The molecule has 0 spiro atoms. The van der Waals surface area contributed by atoms with Crippen molar-refractivity contribution in [2.75, 3.05) is 41.0 Å². The summed E-state index contributed by atoms with van der Waals surface area (Å²) < 4.78 is 16.2. The Kier molecular flexibility index (Phi) is 11.8. The molecule has 1 unspecified atom stereocenters. The lowest BCUT2D eigenvalue weighted by Crippen LogP contribution is -2.44. The van der Waals surface area contributed by atoms with Gasteiger partial charge in [0.2, 0.25) is 0 Å². The van der Waals surface area contributed by atoms with E-state index in [1.54, 1.807) is 21.3 Å². The van der Waals surface area contributed by atoms with Crippen LogP contribution in [0.2, 0.25) is 6.04 Å². The van der Waals surface area contributed by atoms with Gasteiger partial charge < -0.3 is 29.6 Å². The van der Waals surface area contributed by atoms with Crippen LogP contribution >= 0.6 is 0 Å². The van der Waals surface area contributed by atoms with E-state index >= 15 is 0 Å². The molecule has 1 atom stereocenters. The van der Waals surface area contributed by atoms with E-state index in [4.69, 9.17) is 19.0 Å². The highest BCUT2D eigenvalue weighted by atomic mass is 28.4. The molecule has 0 saturated carbocycles. The summed E-state index contributed by atoms with van der Waals surface area (Å²) in [6.45, 7) is 4.56. The van der Waals surface area contributed by atoms with Crippen molar-refractivity contribution in [1.29, 1.82) is 0 Å². The molecule has 0 rings (SSSR count). The number of hydrogen-bond acceptors (Lipinski definition) is 6. The van der Waals surface area contributed by atoms with Gasteiger partial charge in [-0.2, -0.15) is 0 Å². The van der Waals surface area contributed by atoms with Crippen molar-refractivity contribution < 1.29 is 13.3 Å². The lowest BCUT2D eigenvalue weighted by molar-refractivity contribution is 0.122. The van der Waals surface area contributed by atoms with Crippen molar-refractivity contribution in [2.45, 2.75) is 38.4 Å². The van der Waals surface area contributed by atoms with Gasteiger partial charge in [-0.25, -0.2) is 0 Å². The molecule has 0 aliphatic carbocycles. The molecule has 7 heteroatoms. The Bertz CT molecular complexity index is 198. The van der Waals surface area contributed by atoms with Crippen LogP contribution in [0.25, 0.3) is 0 Å². The van der Waals surface area contributed by atoms with Crippen molar-refractivity contribution in [3.05, 3.63) is 0 Å². The minimum Gasteiger partial charge on any atom is -0.377 e. The van der Waals surface area contributed by atoms with Gasteiger partial charge >= 0.3 is 8.80 Å². The minimum atomic E-state index is -2.39. The second kappa shape index (κ2) is 11.8. The standard InChI is InChI=1S/C12H31N3O3Si/c1-5-14-12(15-10-9-13)8-6-7-11-19(16-2,17-3)18-4/h12,14-15H,5-11,13H2,1-4H3. The lowest BCUT2D eigenvalue weighted by atomic mass is 10.2. The summed E-state index contributed by atoms with van der Waals surface area (Å²) in [5.41, 5.74) is 5.50. The van der Waals surface area contributed by atoms with Gasteiger partial charge in [0.05, 0.1) is 6.17 Å².